The van der Waals surface area contributed by atoms with Crippen LogP contribution in [-0.4, -0.2) is 61.0 Å². The smallest absolute Gasteiger partial charge is 0.314 e. The molecule has 1 heterocycles. The number of nitrogens with one attached hydrogen (secondary N) is 1. The molecule has 1 atom stereocenters. The number of amides is 3. The van der Waals surface area contributed by atoms with Gasteiger partial charge in [-0.2, -0.15) is 0 Å². The number of hydrogen-bond donors (Lipinski definition) is 3. The summed E-state index contributed by atoms with van der Waals surface area (Å²) in [6, 6.07) is 10.8. The van der Waals surface area contributed by atoms with Crippen LogP contribution in [0.5, 0.6) is 5.75 Å². The van der Waals surface area contributed by atoms with E-state index in [2.05, 4.69) is 5.32 Å². The van der Waals surface area contributed by atoms with Gasteiger partial charge in [-0.3, -0.25) is 9.59 Å². The van der Waals surface area contributed by atoms with Crippen LogP contribution in [0.1, 0.15) is 45.5 Å². The van der Waals surface area contributed by atoms with Gasteiger partial charge in [0.05, 0.1) is 5.56 Å². The fraction of sp³-hybridized carbons (Fsp3) is 0.348. The Hall–Kier alpha value is -3.26. The average molecular weight is 461 g/mol. The summed E-state index contributed by atoms with van der Waals surface area (Å²) in [5.41, 5.74) is 7.18. The first-order valence-electron chi connectivity index (χ1n) is 10.3. The van der Waals surface area contributed by atoms with Gasteiger partial charge in [0.2, 0.25) is 0 Å². The standard InChI is InChI=1S/C23H28N4O4.ClH/c1-26(2)18-9-10-20(28)19(14-18)21(29)15-5-7-16(8-6-15)22(30)25-17-4-3-12-27(13-11-17)23(24)31;/h5-10,14,17,28H,3-4,11-13H2,1-2H3,(H2,24,31)(H,25,30);1H/t17-;/m0./s1. The molecule has 1 aliphatic rings. The quantitative estimate of drug-likeness (QED) is 0.593. The van der Waals surface area contributed by atoms with Gasteiger partial charge in [-0.25, -0.2) is 4.79 Å². The number of nitrogens with two attached hydrogens (primary N) is 1. The third kappa shape index (κ3) is 5.91. The van der Waals surface area contributed by atoms with Crippen LogP contribution < -0.4 is 16.0 Å². The van der Waals surface area contributed by atoms with E-state index in [-0.39, 0.29) is 41.5 Å². The van der Waals surface area contributed by atoms with Gasteiger partial charge in [0.15, 0.2) is 5.78 Å². The lowest BCUT2D eigenvalue weighted by Gasteiger charge is -2.18. The number of aromatic hydroxyl groups is 1. The van der Waals surface area contributed by atoms with E-state index in [0.717, 1.165) is 18.5 Å². The van der Waals surface area contributed by atoms with Gasteiger partial charge in [0.25, 0.3) is 5.91 Å². The first-order chi connectivity index (χ1) is 14.8. The van der Waals surface area contributed by atoms with E-state index in [9.17, 15) is 19.5 Å². The molecule has 2 aromatic carbocycles. The average Bonchev–Trinajstić information content (AvgIpc) is 2.99. The highest BCUT2D eigenvalue weighted by Gasteiger charge is 2.21. The Morgan fingerprint density at radius 1 is 1.03 bits per heavy atom. The number of primary amides is 1. The number of benzene rings is 2. The van der Waals surface area contributed by atoms with Crippen molar-refractivity contribution in [2.75, 3.05) is 32.1 Å². The van der Waals surface area contributed by atoms with Crippen molar-refractivity contribution >= 4 is 35.8 Å². The lowest BCUT2D eigenvalue weighted by molar-refractivity contribution is 0.0932. The molecule has 8 nitrogen and oxygen atoms in total. The summed E-state index contributed by atoms with van der Waals surface area (Å²) in [6.45, 7) is 1.11. The van der Waals surface area contributed by atoms with Crippen LogP contribution in [0, 0.1) is 0 Å². The molecule has 0 aliphatic carbocycles. The molecule has 172 valence electrons. The molecule has 0 unspecified atom stereocenters. The molecule has 1 saturated heterocycles. The molecule has 1 fully saturated rings. The van der Waals surface area contributed by atoms with Crippen molar-refractivity contribution in [2.24, 2.45) is 5.73 Å². The Morgan fingerprint density at radius 3 is 2.31 bits per heavy atom. The van der Waals surface area contributed by atoms with E-state index in [4.69, 9.17) is 5.73 Å². The zero-order chi connectivity index (χ0) is 22.5. The molecule has 0 radical (unpaired) electrons. The number of likely N-dealkylation sites (tertiary alicyclic amines) is 1. The summed E-state index contributed by atoms with van der Waals surface area (Å²) >= 11 is 0. The second-order valence-electron chi connectivity index (χ2n) is 7.93. The maximum absolute atomic E-state index is 12.8. The maximum Gasteiger partial charge on any atom is 0.314 e. The lowest BCUT2D eigenvalue weighted by Crippen LogP contribution is -2.38. The van der Waals surface area contributed by atoms with Crippen LogP contribution in [0.15, 0.2) is 42.5 Å². The van der Waals surface area contributed by atoms with E-state index in [1.807, 2.05) is 19.0 Å². The van der Waals surface area contributed by atoms with E-state index in [0.29, 0.717) is 30.6 Å². The molecule has 0 saturated carbocycles. The third-order valence-electron chi connectivity index (χ3n) is 5.53. The molecular formula is C23H29ClN4O4. The highest BCUT2D eigenvalue weighted by atomic mass is 35.5. The number of phenols is 1. The molecule has 2 aromatic rings. The Morgan fingerprint density at radius 2 is 1.69 bits per heavy atom. The monoisotopic (exact) mass is 460 g/mol. The number of ketones is 1. The van der Waals surface area contributed by atoms with Crippen molar-refractivity contribution in [3.63, 3.8) is 0 Å². The Labute approximate surface area is 193 Å². The van der Waals surface area contributed by atoms with Crippen molar-refractivity contribution < 1.29 is 19.5 Å². The number of hydrogen-bond acceptors (Lipinski definition) is 5. The fourth-order valence-corrected chi connectivity index (χ4v) is 3.64. The van der Waals surface area contributed by atoms with Crippen molar-refractivity contribution in [3.8, 4) is 5.75 Å². The van der Waals surface area contributed by atoms with Gasteiger partial charge >= 0.3 is 6.03 Å². The van der Waals surface area contributed by atoms with Crippen LogP contribution in [-0.2, 0) is 0 Å². The molecular weight excluding hydrogens is 432 g/mol. The first kappa shape index (κ1) is 25.0. The number of carbonyl (C=O) groups excluding carboxylic acids is 3. The predicted octanol–water partition coefficient (Wildman–Crippen LogP) is 2.77. The van der Waals surface area contributed by atoms with Crippen LogP contribution in [0.4, 0.5) is 10.5 Å². The van der Waals surface area contributed by atoms with E-state index in [1.54, 1.807) is 41.3 Å². The van der Waals surface area contributed by atoms with Gasteiger partial charge in [-0.1, -0.05) is 12.1 Å². The highest BCUT2D eigenvalue weighted by Crippen LogP contribution is 2.25. The van der Waals surface area contributed by atoms with Crippen molar-refractivity contribution in [2.45, 2.75) is 25.3 Å². The minimum Gasteiger partial charge on any atom is -0.507 e. The molecule has 3 rings (SSSR count). The first-order valence-corrected chi connectivity index (χ1v) is 10.3. The van der Waals surface area contributed by atoms with E-state index < -0.39 is 6.03 Å². The summed E-state index contributed by atoms with van der Waals surface area (Å²) in [6.07, 6.45) is 2.19. The minimum absolute atomic E-state index is 0. The highest BCUT2D eigenvalue weighted by molar-refractivity contribution is 6.11. The zero-order valence-corrected chi connectivity index (χ0v) is 19.0. The second-order valence-corrected chi connectivity index (χ2v) is 7.93. The van der Waals surface area contributed by atoms with Gasteiger partial charge in [0.1, 0.15) is 5.75 Å². The van der Waals surface area contributed by atoms with Gasteiger partial charge < -0.3 is 26.0 Å². The summed E-state index contributed by atoms with van der Waals surface area (Å²) in [4.78, 5) is 40.2. The number of anilines is 1. The van der Waals surface area contributed by atoms with Crippen molar-refractivity contribution in [1.82, 2.24) is 10.2 Å². The topological polar surface area (TPSA) is 116 Å². The molecule has 3 amide bonds. The van der Waals surface area contributed by atoms with E-state index >= 15 is 0 Å². The third-order valence-corrected chi connectivity index (χ3v) is 5.53. The number of nitrogens with zero attached hydrogens (tertiary/aromatic N) is 2. The molecule has 32 heavy (non-hydrogen) atoms. The maximum atomic E-state index is 12.8. The van der Waals surface area contributed by atoms with Crippen LogP contribution in [0.3, 0.4) is 0 Å². The van der Waals surface area contributed by atoms with Gasteiger partial charge in [-0.05, 0) is 49.6 Å². The Kier molecular flexibility index (Phi) is 8.48. The predicted molar refractivity (Wildman–Crippen MR) is 126 cm³/mol. The number of phenolic OH excluding ortho intramolecular Hbond substituents is 1. The minimum atomic E-state index is -0.436. The SMILES string of the molecule is CN(C)c1ccc(O)c(C(=O)c2ccc(C(=O)N[C@H]3CCCN(C(N)=O)CC3)cc2)c1.Cl. The van der Waals surface area contributed by atoms with Crippen molar-refractivity contribution in [1.29, 1.82) is 0 Å². The summed E-state index contributed by atoms with van der Waals surface area (Å²) in [5, 5.41) is 13.1. The largest absolute Gasteiger partial charge is 0.507 e. The lowest BCUT2D eigenvalue weighted by atomic mass is 10.00. The molecule has 4 N–H and O–H groups in total. The number of rotatable bonds is 5. The van der Waals surface area contributed by atoms with E-state index in [1.165, 1.54) is 6.07 Å². The van der Waals surface area contributed by atoms with Gasteiger partial charge in [-0.15, -0.1) is 12.4 Å². The fourth-order valence-electron chi connectivity index (χ4n) is 3.64. The normalized spacial score (nSPS) is 15.8. The van der Waals surface area contributed by atoms with Gasteiger partial charge in [0, 0.05) is 50.0 Å². The Bertz CT molecular complexity index is 978. The zero-order valence-electron chi connectivity index (χ0n) is 18.2. The van der Waals surface area contributed by atoms with Crippen LogP contribution >= 0.6 is 12.4 Å². The van der Waals surface area contributed by atoms with Crippen LogP contribution in [0.25, 0.3) is 0 Å². The molecule has 1 aliphatic heterocycles. The number of halogens is 1. The summed E-state index contributed by atoms with van der Waals surface area (Å²) in [7, 11) is 3.71. The molecule has 0 spiro atoms. The number of urea groups is 1. The molecule has 0 bridgehead atoms. The second kappa shape index (κ2) is 10.9. The number of carbonyl (C=O) groups is 3. The molecule has 0 aromatic heterocycles. The Balaban J connectivity index is 0.00000363. The molecule has 9 heteroatoms. The summed E-state index contributed by atoms with van der Waals surface area (Å²) in [5.74, 6) is -0.631. The summed E-state index contributed by atoms with van der Waals surface area (Å²) < 4.78 is 0. The van der Waals surface area contributed by atoms with Crippen molar-refractivity contribution in [3.05, 3.63) is 59.2 Å². The van der Waals surface area contributed by atoms with Crippen LogP contribution in [0.2, 0.25) is 0 Å².